The fourth-order valence-electron chi connectivity index (χ4n) is 2.44. The van der Waals surface area contributed by atoms with Gasteiger partial charge >= 0.3 is 0 Å². The van der Waals surface area contributed by atoms with Crippen LogP contribution in [0.3, 0.4) is 0 Å². The van der Waals surface area contributed by atoms with Crippen molar-refractivity contribution < 1.29 is 4.79 Å². The Kier molecular flexibility index (Phi) is 5.92. The van der Waals surface area contributed by atoms with Crippen LogP contribution in [0, 0.1) is 0 Å². The summed E-state index contributed by atoms with van der Waals surface area (Å²) in [5.41, 5.74) is 0.527. The molecule has 1 saturated carbocycles. The minimum atomic E-state index is -0.0678. The lowest BCUT2D eigenvalue weighted by Gasteiger charge is -2.22. The third kappa shape index (κ3) is 5.30. The average Bonchev–Trinajstić information content (AvgIpc) is 2.48. The van der Waals surface area contributed by atoms with Crippen LogP contribution in [-0.2, 0) is 0 Å². The van der Waals surface area contributed by atoms with Gasteiger partial charge < -0.3 is 15.5 Å². The number of nitrogens with one attached hydrogen (secondary N) is 2. The summed E-state index contributed by atoms with van der Waals surface area (Å²) in [7, 11) is 4.03. The monoisotopic (exact) mass is 291 g/mol. The van der Waals surface area contributed by atoms with Crippen LogP contribution in [0.5, 0.6) is 0 Å². The number of anilines is 1. The van der Waals surface area contributed by atoms with Crippen LogP contribution in [0.4, 0.5) is 5.95 Å². The van der Waals surface area contributed by atoms with E-state index in [0.717, 1.165) is 25.9 Å². The molecule has 0 bridgehead atoms. The largest absolute Gasteiger partial charge is 0.353 e. The van der Waals surface area contributed by atoms with Gasteiger partial charge in [0.1, 0.15) is 0 Å². The van der Waals surface area contributed by atoms with Gasteiger partial charge in [-0.15, -0.1) is 0 Å². The van der Waals surface area contributed by atoms with Gasteiger partial charge in [-0.2, -0.15) is 0 Å². The summed E-state index contributed by atoms with van der Waals surface area (Å²) >= 11 is 0. The van der Waals surface area contributed by atoms with E-state index in [9.17, 15) is 4.79 Å². The SMILES string of the molecule is CN(C)CCNc1ncc(C(=O)NC2CCCCC2)cn1. The number of likely N-dealkylation sites (N-methyl/N-ethyl adjacent to an activating group) is 1. The quantitative estimate of drug-likeness (QED) is 0.831. The zero-order chi connectivity index (χ0) is 15.1. The standard InChI is InChI=1S/C15H25N5O/c1-20(2)9-8-16-15-17-10-12(11-18-15)14(21)19-13-6-4-3-5-7-13/h10-11,13H,3-9H2,1-2H3,(H,19,21)(H,16,17,18). The highest BCUT2D eigenvalue weighted by molar-refractivity contribution is 5.93. The van der Waals surface area contributed by atoms with E-state index in [2.05, 4.69) is 25.5 Å². The molecule has 1 heterocycles. The van der Waals surface area contributed by atoms with E-state index in [1.165, 1.54) is 19.3 Å². The van der Waals surface area contributed by atoms with Crippen molar-refractivity contribution in [2.75, 3.05) is 32.5 Å². The normalized spacial score (nSPS) is 16.0. The van der Waals surface area contributed by atoms with E-state index in [1.807, 2.05) is 14.1 Å². The molecule has 1 amide bonds. The van der Waals surface area contributed by atoms with Crippen LogP contribution < -0.4 is 10.6 Å². The molecule has 1 aliphatic rings. The molecule has 1 aromatic rings. The van der Waals surface area contributed by atoms with Gasteiger partial charge in [-0.1, -0.05) is 19.3 Å². The number of hydrogen-bond acceptors (Lipinski definition) is 5. The zero-order valence-electron chi connectivity index (χ0n) is 12.9. The Morgan fingerprint density at radius 2 is 1.90 bits per heavy atom. The smallest absolute Gasteiger partial charge is 0.254 e. The minimum absolute atomic E-state index is 0.0678. The van der Waals surface area contributed by atoms with Gasteiger partial charge in [-0.3, -0.25) is 4.79 Å². The van der Waals surface area contributed by atoms with Gasteiger partial charge in [0.15, 0.2) is 0 Å². The third-order valence-corrected chi connectivity index (χ3v) is 3.70. The first-order valence-corrected chi connectivity index (χ1v) is 7.66. The van der Waals surface area contributed by atoms with E-state index >= 15 is 0 Å². The summed E-state index contributed by atoms with van der Waals surface area (Å²) in [5, 5.41) is 6.19. The molecule has 0 radical (unpaired) electrons. The van der Waals surface area contributed by atoms with Crippen molar-refractivity contribution in [1.29, 1.82) is 0 Å². The molecule has 0 aliphatic heterocycles. The number of carbonyl (C=O) groups excluding carboxylic acids is 1. The molecule has 0 unspecified atom stereocenters. The first-order valence-electron chi connectivity index (χ1n) is 7.66. The van der Waals surface area contributed by atoms with Crippen molar-refractivity contribution in [3.63, 3.8) is 0 Å². The maximum Gasteiger partial charge on any atom is 0.254 e. The number of rotatable bonds is 6. The van der Waals surface area contributed by atoms with Crippen molar-refractivity contribution >= 4 is 11.9 Å². The first-order chi connectivity index (χ1) is 10.1. The van der Waals surface area contributed by atoms with Gasteiger partial charge in [-0.05, 0) is 26.9 Å². The predicted molar refractivity (Wildman–Crippen MR) is 83.4 cm³/mol. The third-order valence-electron chi connectivity index (χ3n) is 3.70. The summed E-state index contributed by atoms with van der Waals surface area (Å²) in [6, 6.07) is 0.309. The lowest BCUT2D eigenvalue weighted by molar-refractivity contribution is 0.0927. The Morgan fingerprint density at radius 3 is 2.52 bits per heavy atom. The highest BCUT2D eigenvalue weighted by Crippen LogP contribution is 2.17. The Balaban J connectivity index is 1.81. The van der Waals surface area contributed by atoms with Crippen molar-refractivity contribution in [2.45, 2.75) is 38.1 Å². The highest BCUT2D eigenvalue weighted by atomic mass is 16.1. The fourth-order valence-corrected chi connectivity index (χ4v) is 2.44. The molecule has 21 heavy (non-hydrogen) atoms. The second kappa shape index (κ2) is 7.93. The second-order valence-corrected chi connectivity index (χ2v) is 5.83. The van der Waals surface area contributed by atoms with Gasteiger partial charge in [0.25, 0.3) is 5.91 Å². The summed E-state index contributed by atoms with van der Waals surface area (Å²) in [5.74, 6) is 0.493. The Hall–Kier alpha value is -1.69. The zero-order valence-corrected chi connectivity index (χ0v) is 12.9. The van der Waals surface area contributed by atoms with Gasteiger partial charge in [0.2, 0.25) is 5.95 Å². The molecule has 0 aromatic carbocycles. The molecular weight excluding hydrogens is 266 g/mol. The van der Waals surface area contributed by atoms with Crippen LogP contribution in [0.15, 0.2) is 12.4 Å². The minimum Gasteiger partial charge on any atom is -0.353 e. The van der Waals surface area contributed by atoms with Gasteiger partial charge in [-0.25, -0.2) is 9.97 Å². The molecule has 1 aliphatic carbocycles. The topological polar surface area (TPSA) is 70.2 Å². The number of amides is 1. The molecular formula is C15H25N5O. The summed E-state index contributed by atoms with van der Waals surface area (Å²) in [6.45, 7) is 1.69. The maximum absolute atomic E-state index is 12.1. The van der Waals surface area contributed by atoms with Gasteiger partial charge in [0.05, 0.1) is 5.56 Å². The number of aromatic nitrogens is 2. The molecule has 0 atom stereocenters. The Bertz CT molecular complexity index is 440. The molecule has 2 rings (SSSR count). The van der Waals surface area contributed by atoms with Crippen LogP contribution >= 0.6 is 0 Å². The molecule has 116 valence electrons. The second-order valence-electron chi connectivity index (χ2n) is 5.83. The van der Waals surface area contributed by atoms with E-state index < -0.39 is 0 Å². The van der Waals surface area contributed by atoms with Crippen LogP contribution in [0.2, 0.25) is 0 Å². The Labute approximate surface area is 126 Å². The molecule has 0 spiro atoms. The van der Waals surface area contributed by atoms with E-state index in [4.69, 9.17) is 0 Å². The molecule has 6 nitrogen and oxygen atoms in total. The maximum atomic E-state index is 12.1. The van der Waals surface area contributed by atoms with E-state index in [0.29, 0.717) is 17.6 Å². The van der Waals surface area contributed by atoms with E-state index in [1.54, 1.807) is 12.4 Å². The van der Waals surface area contributed by atoms with Crippen molar-refractivity contribution in [3.8, 4) is 0 Å². The molecule has 2 N–H and O–H groups in total. The summed E-state index contributed by atoms with van der Waals surface area (Å²) < 4.78 is 0. The van der Waals surface area contributed by atoms with Crippen molar-refractivity contribution in [2.24, 2.45) is 0 Å². The van der Waals surface area contributed by atoms with Gasteiger partial charge in [0, 0.05) is 31.5 Å². The predicted octanol–water partition coefficient (Wildman–Crippen LogP) is 1.51. The van der Waals surface area contributed by atoms with Crippen molar-refractivity contribution in [3.05, 3.63) is 18.0 Å². The summed E-state index contributed by atoms with van der Waals surface area (Å²) in [6.07, 6.45) is 9.02. The first kappa shape index (κ1) is 15.7. The molecule has 6 heteroatoms. The van der Waals surface area contributed by atoms with Crippen LogP contribution in [0.25, 0.3) is 0 Å². The average molecular weight is 291 g/mol. The molecule has 1 fully saturated rings. The fraction of sp³-hybridized carbons (Fsp3) is 0.667. The van der Waals surface area contributed by atoms with Crippen LogP contribution in [0.1, 0.15) is 42.5 Å². The molecule has 0 saturated heterocycles. The number of hydrogen-bond donors (Lipinski definition) is 2. The number of carbonyl (C=O) groups is 1. The lowest BCUT2D eigenvalue weighted by Crippen LogP contribution is -2.36. The summed E-state index contributed by atoms with van der Waals surface area (Å²) in [4.78, 5) is 22.6. The Morgan fingerprint density at radius 1 is 1.24 bits per heavy atom. The van der Waals surface area contributed by atoms with E-state index in [-0.39, 0.29) is 5.91 Å². The number of nitrogens with zero attached hydrogens (tertiary/aromatic N) is 3. The van der Waals surface area contributed by atoms with Crippen LogP contribution in [-0.4, -0.2) is 54.0 Å². The molecule has 1 aromatic heterocycles. The lowest BCUT2D eigenvalue weighted by atomic mass is 9.95. The highest BCUT2D eigenvalue weighted by Gasteiger charge is 2.16. The van der Waals surface area contributed by atoms with Crippen molar-refractivity contribution in [1.82, 2.24) is 20.2 Å².